The third kappa shape index (κ3) is 2.09. The van der Waals surface area contributed by atoms with Crippen LogP contribution < -0.4 is 0 Å². The highest BCUT2D eigenvalue weighted by atomic mass is 32.2. The summed E-state index contributed by atoms with van der Waals surface area (Å²) in [4.78, 5) is 11.3. The molecule has 2 saturated carbocycles. The molecular weight excluding hydrogens is 180 g/mol. The first kappa shape index (κ1) is 9.57. The molecule has 0 radical (unpaired) electrons. The summed E-state index contributed by atoms with van der Waals surface area (Å²) in [5.74, 6) is 0.834. The molecule has 2 unspecified atom stereocenters. The molecule has 0 spiro atoms. The number of hydrogen-bond acceptors (Lipinski definition) is 2. The van der Waals surface area contributed by atoms with Crippen molar-refractivity contribution in [2.75, 3.05) is 0 Å². The molecule has 1 nitrogen and oxygen atoms in total. The Kier molecular flexibility index (Phi) is 2.97. The predicted octanol–water partition coefficient (Wildman–Crippen LogP) is 3.03. The standard InChI is InChI=1S/C11H18OS/c1-8-10(12)6-7-11(8)13-9-4-2-3-5-9/h8-9,11H,2-7H2,1H3. The maximum atomic E-state index is 11.3. The van der Waals surface area contributed by atoms with Gasteiger partial charge in [-0.15, -0.1) is 0 Å². The summed E-state index contributed by atoms with van der Waals surface area (Å²) in [5.41, 5.74) is 0. The van der Waals surface area contributed by atoms with Crippen molar-refractivity contribution < 1.29 is 4.79 Å². The van der Waals surface area contributed by atoms with Gasteiger partial charge in [0.15, 0.2) is 0 Å². The van der Waals surface area contributed by atoms with Gasteiger partial charge in [0.2, 0.25) is 0 Å². The van der Waals surface area contributed by atoms with Crippen LogP contribution in [0, 0.1) is 5.92 Å². The van der Waals surface area contributed by atoms with Crippen molar-refractivity contribution in [2.45, 2.75) is 55.9 Å². The molecule has 0 saturated heterocycles. The SMILES string of the molecule is CC1C(=O)CCC1SC1CCCC1. The molecule has 2 heteroatoms. The Hall–Kier alpha value is 0.0200. The topological polar surface area (TPSA) is 17.1 Å². The van der Waals surface area contributed by atoms with Gasteiger partial charge in [-0.05, 0) is 19.3 Å². The van der Waals surface area contributed by atoms with Crippen LogP contribution in [0.4, 0.5) is 0 Å². The Morgan fingerprint density at radius 2 is 1.92 bits per heavy atom. The van der Waals surface area contributed by atoms with Crippen LogP contribution >= 0.6 is 11.8 Å². The molecule has 2 aliphatic carbocycles. The molecule has 0 aliphatic heterocycles. The molecule has 13 heavy (non-hydrogen) atoms. The fraction of sp³-hybridized carbons (Fsp3) is 0.909. The van der Waals surface area contributed by atoms with Crippen molar-refractivity contribution in [3.05, 3.63) is 0 Å². The molecule has 0 heterocycles. The summed E-state index contributed by atoms with van der Waals surface area (Å²) < 4.78 is 0. The fourth-order valence-corrected chi connectivity index (χ4v) is 4.17. The first-order valence-electron chi connectivity index (χ1n) is 5.45. The zero-order valence-electron chi connectivity index (χ0n) is 8.29. The van der Waals surface area contributed by atoms with E-state index in [0.29, 0.717) is 17.0 Å². The third-order valence-electron chi connectivity index (χ3n) is 3.41. The maximum Gasteiger partial charge on any atom is 0.136 e. The summed E-state index contributed by atoms with van der Waals surface area (Å²) in [6, 6.07) is 0. The number of rotatable bonds is 2. The lowest BCUT2D eigenvalue weighted by atomic mass is 10.1. The van der Waals surface area contributed by atoms with Crippen LogP contribution in [-0.4, -0.2) is 16.3 Å². The normalized spacial score (nSPS) is 35.9. The lowest BCUT2D eigenvalue weighted by molar-refractivity contribution is -0.120. The molecule has 2 aliphatic rings. The van der Waals surface area contributed by atoms with Crippen LogP contribution in [0.3, 0.4) is 0 Å². The van der Waals surface area contributed by atoms with E-state index in [4.69, 9.17) is 0 Å². The van der Waals surface area contributed by atoms with Crippen LogP contribution in [0.5, 0.6) is 0 Å². The number of ketones is 1. The van der Waals surface area contributed by atoms with Crippen molar-refractivity contribution in [3.63, 3.8) is 0 Å². The molecule has 0 N–H and O–H groups in total. The van der Waals surface area contributed by atoms with Gasteiger partial charge in [-0.1, -0.05) is 19.8 Å². The first-order chi connectivity index (χ1) is 6.27. The van der Waals surface area contributed by atoms with Gasteiger partial charge in [-0.2, -0.15) is 11.8 Å². The predicted molar refractivity (Wildman–Crippen MR) is 57.0 cm³/mol. The van der Waals surface area contributed by atoms with Crippen LogP contribution in [-0.2, 0) is 4.79 Å². The minimum absolute atomic E-state index is 0.339. The molecule has 74 valence electrons. The van der Waals surface area contributed by atoms with Gasteiger partial charge < -0.3 is 0 Å². The number of hydrogen-bond donors (Lipinski definition) is 0. The lowest BCUT2D eigenvalue weighted by Crippen LogP contribution is -2.15. The Morgan fingerprint density at radius 1 is 1.23 bits per heavy atom. The Bertz CT molecular complexity index is 196. The molecule has 2 fully saturated rings. The quantitative estimate of drug-likeness (QED) is 0.678. The van der Waals surface area contributed by atoms with E-state index in [9.17, 15) is 4.79 Å². The summed E-state index contributed by atoms with van der Waals surface area (Å²) in [6.07, 6.45) is 7.58. The number of Topliss-reactive ketones (excluding diaryl/α,β-unsaturated/α-hetero) is 1. The molecule has 0 aromatic carbocycles. The zero-order valence-corrected chi connectivity index (χ0v) is 9.11. The van der Waals surface area contributed by atoms with Gasteiger partial charge in [0, 0.05) is 22.8 Å². The van der Waals surface area contributed by atoms with Gasteiger partial charge >= 0.3 is 0 Å². The van der Waals surface area contributed by atoms with E-state index in [1.165, 1.54) is 25.7 Å². The molecule has 2 rings (SSSR count). The number of thioether (sulfide) groups is 1. The average molecular weight is 198 g/mol. The van der Waals surface area contributed by atoms with Gasteiger partial charge in [0.05, 0.1) is 0 Å². The molecule has 2 atom stereocenters. The van der Waals surface area contributed by atoms with Crippen molar-refractivity contribution >= 4 is 17.5 Å². The van der Waals surface area contributed by atoms with E-state index in [-0.39, 0.29) is 0 Å². The van der Waals surface area contributed by atoms with Crippen molar-refractivity contribution in [3.8, 4) is 0 Å². The summed E-state index contributed by atoms with van der Waals surface area (Å²) >= 11 is 2.11. The van der Waals surface area contributed by atoms with Gasteiger partial charge in [0.25, 0.3) is 0 Å². The molecule has 0 amide bonds. The minimum atomic E-state index is 0.339. The smallest absolute Gasteiger partial charge is 0.136 e. The molecular formula is C11H18OS. The van der Waals surface area contributed by atoms with E-state index in [1.54, 1.807) is 0 Å². The van der Waals surface area contributed by atoms with Crippen LogP contribution in [0.25, 0.3) is 0 Å². The van der Waals surface area contributed by atoms with Crippen molar-refractivity contribution in [1.82, 2.24) is 0 Å². The highest BCUT2D eigenvalue weighted by Crippen LogP contribution is 2.39. The van der Waals surface area contributed by atoms with E-state index in [1.807, 2.05) is 0 Å². The maximum absolute atomic E-state index is 11.3. The van der Waals surface area contributed by atoms with Crippen molar-refractivity contribution in [2.24, 2.45) is 5.92 Å². The van der Waals surface area contributed by atoms with E-state index >= 15 is 0 Å². The Balaban J connectivity index is 1.84. The van der Waals surface area contributed by atoms with Crippen LogP contribution in [0.15, 0.2) is 0 Å². The van der Waals surface area contributed by atoms with Gasteiger partial charge in [-0.3, -0.25) is 4.79 Å². The van der Waals surface area contributed by atoms with Crippen LogP contribution in [0.1, 0.15) is 45.4 Å². The molecule has 0 bridgehead atoms. The zero-order chi connectivity index (χ0) is 9.26. The minimum Gasteiger partial charge on any atom is -0.299 e. The third-order valence-corrected chi connectivity index (χ3v) is 5.26. The monoisotopic (exact) mass is 198 g/mol. The van der Waals surface area contributed by atoms with Gasteiger partial charge in [0.1, 0.15) is 5.78 Å². The second-order valence-corrected chi connectivity index (χ2v) is 5.92. The average Bonchev–Trinajstić information content (AvgIpc) is 2.71. The highest BCUT2D eigenvalue weighted by molar-refractivity contribution is 8.00. The molecule has 0 aromatic heterocycles. The summed E-state index contributed by atoms with van der Waals surface area (Å²) in [7, 11) is 0. The lowest BCUT2D eigenvalue weighted by Gasteiger charge is -2.17. The summed E-state index contributed by atoms with van der Waals surface area (Å²) in [5, 5.41) is 1.52. The van der Waals surface area contributed by atoms with E-state index in [0.717, 1.165) is 18.1 Å². The Morgan fingerprint density at radius 3 is 2.46 bits per heavy atom. The second kappa shape index (κ2) is 4.04. The number of carbonyl (C=O) groups excluding carboxylic acids is 1. The number of carbonyl (C=O) groups is 1. The molecule has 0 aromatic rings. The van der Waals surface area contributed by atoms with E-state index < -0.39 is 0 Å². The highest BCUT2D eigenvalue weighted by Gasteiger charge is 2.33. The second-order valence-electron chi connectivity index (χ2n) is 4.37. The largest absolute Gasteiger partial charge is 0.299 e. The fourth-order valence-electron chi connectivity index (χ4n) is 2.43. The summed E-state index contributed by atoms with van der Waals surface area (Å²) in [6.45, 7) is 2.11. The first-order valence-corrected chi connectivity index (χ1v) is 6.40. The van der Waals surface area contributed by atoms with Crippen LogP contribution in [0.2, 0.25) is 0 Å². The van der Waals surface area contributed by atoms with Gasteiger partial charge in [-0.25, -0.2) is 0 Å². The van der Waals surface area contributed by atoms with E-state index in [2.05, 4.69) is 18.7 Å². The van der Waals surface area contributed by atoms with Crippen molar-refractivity contribution in [1.29, 1.82) is 0 Å². The Labute approximate surface area is 84.7 Å².